The van der Waals surface area contributed by atoms with Crippen LogP contribution in [0, 0.1) is 0 Å². The molecule has 3 rings (SSSR count). The van der Waals surface area contributed by atoms with Crippen molar-refractivity contribution in [3.05, 3.63) is 22.9 Å². The molecule has 2 heterocycles. The molecular weight excluding hydrogens is 306 g/mol. The first-order valence-electron chi connectivity index (χ1n) is 8.59. The number of aryl methyl sites for hydroxylation is 1. The molecule has 0 aromatic carbocycles. The minimum atomic E-state index is -0.242. The van der Waals surface area contributed by atoms with Crippen molar-refractivity contribution >= 4 is 16.9 Å². The lowest BCUT2D eigenvalue weighted by Crippen LogP contribution is -2.34. The Kier molecular flexibility index (Phi) is 4.43. The monoisotopic (exact) mass is 331 g/mol. The Balaban J connectivity index is 1.72. The second kappa shape index (κ2) is 6.37. The number of fused-ring (bicyclic) bond motifs is 1. The van der Waals surface area contributed by atoms with Gasteiger partial charge in [-0.2, -0.15) is 5.10 Å². The molecule has 0 spiro atoms. The Hall–Kier alpha value is -2.18. The van der Waals surface area contributed by atoms with Gasteiger partial charge in [-0.15, -0.1) is 0 Å². The molecule has 0 saturated heterocycles. The van der Waals surface area contributed by atoms with Crippen LogP contribution in [0.1, 0.15) is 52.9 Å². The van der Waals surface area contributed by atoms with Crippen LogP contribution >= 0.6 is 0 Å². The number of aromatic nitrogens is 4. The molecule has 2 aromatic rings. The van der Waals surface area contributed by atoms with E-state index in [2.05, 4.69) is 15.4 Å². The zero-order chi connectivity index (χ0) is 17.3. The fraction of sp³-hybridized carbons (Fsp3) is 0.647. The van der Waals surface area contributed by atoms with Crippen LogP contribution in [-0.2, 0) is 16.9 Å². The number of hydrogen-bond acceptors (Lipinski definition) is 4. The number of hydrogen-bond donors (Lipinski definition) is 1. The summed E-state index contributed by atoms with van der Waals surface area (Å²) >= 11 is 0. The van der Waals surface area contributed by atoms with Crippen molar-refractivity contribution in [2.45, 2.75) is 71.0 Å². The van der Waals surface area contributed by atoms with Gasteiger partial charge in [0.05, 0.1) is 18.1 Å². The third kappa shape index (κ3) is 3.34. The molecule has 1 amide bonds. The van der Waals surface area contributed by atoms with Gasteiger partial charge in [0.1, 0.15) is 5.39 Å². The van der Waals surface area contributed by atoms with Gasteiger partial charge in [-0.1, -0.05) is 12.8 Å². The number of nitrogens with one attached hydrogen (secondary N) is 1. The van der Waals surface area contributed by atoms with Gasteiger partial charge < -0.3 is 5.32 Å². The second-order valence-electron chi connectivity index (χ2n) is 7.51. The SMILES string of the molecule is CC(C)(C)n1ncc2c(=O)n(CCC(=O)NC3CCCC3)cnc21. The van der Waals surface area contributed by atoms with E-state index in [0.717, 1.165) is 12.8 Å². The molecule has 7 heteroatoms. The van der Waals surface area contributed by atoms with Crippen molar-refractivity contribution < 1.29 is 4.79 Å². The summed E-state index contributed by atoms with van der Waals surface area (Å²) in [6.07, 6.45) is 7.85. The van der Waals surface area contributed by atoms with E-state index >= 15 is 0 Å². The molecule has 1 saturated carbocycles. The van der Waals surface area contributed by atoms with Gasteiger partial charge in [-0.25, -0.2) is 9.67 Å². The van der Waals surface area contributed by atoms with Gasteiger partial charge in [0.15, 0.2) is 5.65 Å². The summed E-state index contributed by atoms with van der Waals surface area (Å²) in [5, 5.41) is 7.82. The summed E-state index contributed by atoms with van der Waals surface area (Å²) in [6.45, 7) is 6.38. The van der Waals surface area contributed by atoms with Crippen LogP contribution in [0.4, 0.5) is 0 Å². The van der Waals surface area contributed by atoms with Crippen LogP contribution in [0.15, 0.2) is 17.3 Å². The topological polar surface area (TPSA) is 81.8 Å². The molecular formula is C17H25N5O2. The van der Waals surface area contributed by atoms with Gasteiger partial charge in [0.25, 0.3) is 5.56 Å². The molecule has 7 nitrogen and oxygen atoms in total. The third-order valence-electron chi connectivity index (χ3n) is 4.49. The van der Waals surface area contributed by atoms with Crippen molar-refractivity contribution in [1.29, 1.82) is 0 Å². The Morgan fingerprint density at radius 3 is 2.71 bits per heavy atom. The van der Waals surface area contributed by atoms with Gasteiger partial charge in [0, 0.05) is 19.0 Å². The highest BCUT2D eigenvalue weighted by Gasteiger charge is 2.20. The first kappa shape index (κ1) is 16.7. The standard InChI is InChI=1S/C17H25N5O2/c1-17(2,3)22-15-13(10-19-22)16(24)21(11-18-15)9-8-14(23)20-12-6-4-5-7-12/h10-12H,4-9H2,1-3H3,(H,20,23). The Labute approximate surface area is 141 Å². The highest BCUT2D eigenvalue weighted by molar-refractivity contribution is 5.76. The van der Waals surface area contributed by atoms with E-state index in [0.29, 0.717) is 23.6 Å². The quantitative estimate of drug-likeness (QED) is 0.926. The number of carbonyl (C=O) groups excluding carboxylic acids is 1. The Morgan fingerprint density at radius 1 is 1.33 bits per heavy atom. The zero-order valence-corrected chi connectivity index (χ0v) is 14.6. The summed E-state index contributed by atoms with van der Waals surface area (Å²) < 4.78 is 3.24. The van der Waals surface area contributed by atoms with E-state index < -0.39 is 0 Å². The maximum absolute atomic E-state index is 12.6. The average Bonchev–Trinajstić information content (AvgIpc) is 3.15. The molecule has 1 N–H and O–H groups in total. The Morgan fingerprint density at radius 2 is 2.04 bits per heavy atom. The third-order valence-corrected chi connectivity index (χ3v) is 4.49. The maximum Gasteiger partial charge on any atom is 0.264 e. The first-order chi connectivity index (χ1) is 11.4. The number of nitrogens with zero attached hydrogens (tertiary/aromatic N) is 4. The van der Waals surface area contributed by atoms with E-state index in [9.17, 15) is 9.59 Å². The van der Waals surface area contributed by atoms with Gasteiger partial charge in [-0.3, -0.25) is 14.2 Å². The smallest absolute Gasteiger partial charge is 0.264 e. The van der Waals surface area contributed by atoms with Crippen LogP contribution in [-0.4, -0.2) is 31.3 Å². The van der Waals surface area contributed by atoms with Gasteiger partial charge in [0.2, 0.25) is 5.91 Å². The van der Waals surface area contributed by atoms with Crippen LogP contribution in [0.5, 0.6) is 0 Å². The first-order valence-corrected chi connectivity index (χ1v) is 8.59. The largest absolute Gasteiger partial charge is 0.353 e. The molecule has 1 fully saturated rings. The fourth-order valence-electron chi connectivity index (χ4n) is 3.19. The van der Waals surface area contributed by atoms with Crippen molar-refractivity contribution in [2.24, 2.45) is 0 Å². The normalized spacial score (nSPS) is 16.0. The van der Waals surface area contributed by atoms with Crippen molar-refractivity contribution in [1.82, 2.24) is 24.6 Å². The van der Waals surface area contributed by atoms with Gasteiger partial charge >= 0.3 is 0 Å². The highest BCUT2D eigenvalue weighted by atomic mass is 16.2. The van der Waals surface area contributed by atoms with Crippen LogP contribution in [0.3, 0.4) is 0 Å². The summed E-state index contributed by atoms with van der Waals surface area (Å²) in [7, 11) is 0. The van der Waals surface area contributed by atoms with Crippen molar-refractivity contribution in [2.75, 3.05) is 0 Å². The highest BCUT2D eigenvalue weighted by Crippen LogP contribution is 2.18. The lowest BCUT2D eigenvalue weighted by Gasteiger charge is -2.19. The average molecular weight is 331 g/mol. The molecule has 0 atom stereocenters. The van der Waals surface area contributed by atoms with Gasteiger partial charge in [-0.05, 0) is 33.6 Å². The fourth-order valence-corrected chi connectivity index (χ4v) is 3.19. The predicted octanol–water partition coefficient (Wildman–Crippen LogP) is 1.80. The number of carbonyl (C=O) groups is 1. The Bertz CT molecular complexity index is 793. The molecule has 0 radical (unpaired) electrons. The predicted molar refractivity (Wildman–Crippen MR) is 91.8 cm³/mol. The van der Waals surface area contributed by atoms with Crippen LogP contribution < -0.4 is 10.9 Å². The minimum Gasteiger partial charge on any atom is -0.353 e. The van der Waals surface area contributed by atoms with Crippen molar-refractivity contribution in [3.8, 4) is 0 Å². The second-order valence-corrected chi connectivity index (χ2v) is 7.51. The van der Waals surface area contributed by atoms with E-state index in [1.54, 1.807) is 10.9 Å². The summed E-state index contributed by atoms with van der Waals surface area (Å²) in [4.78, 5) is 29.0. The van der Waals surface area contributed by atoms with E-state index in [4.69, 9.17) is 0 Å². The lowest BCUT2D eigenvalue weighted by molar-refractivity contribution is -0.122. The number of rotatable bonds is 4. The molecule has 1 aliphatic carbocycles. The summed E-state index contributed by atoms with van der Waals surface area (Å²) in [6, 6.07) is 0.305. The van der Waals surface area contributed by atoms with E-state index in [-0.39, 0.29) is 23.4 Å². The zero-order valence-electron chi connectivity index (χ0n) is 14.6. The van der Waals surface area contributed by atoms with Crippen LogP contribution in [0.2, 0.25) is 0 Å². The van der Waals surface area contributed by atoms with Crippen molar-refractivity contribution in [3.63, 3.8) is 0 Å². The molecule has 24 heavy (non-hydrogen) atoms. The van der Waals surface area contributed by atoms with E-state index in [1.165, 1.54) is 23.7 Å². The molecule has 0 bridgehead atoms. The van der Waals surface area contributed by atoms with E-state index in [1.807, 2.05) is 20.8 Å². The summed E-state index contributed by atoms with van der Waals surface area (Å²) in [5.74, 6) is -0.000663. The maximum atomic E-state index is 12.6. The molecule has 130 valence electrons. The number of amides is 1. The van der Waals surface area contributed by atoms with Crippen LogP contribution in [0.25, 0.3) is 11.0 Å². The molecule has 1 aliphatic rings. The minimum absolute atomic E-state index is 0.000663. The lowest BCUT2D eigenvalue weighted by atomic mass is 10.1. The molecule has 2 aromatic heterocycles. The molecule has 0 unspecified atom stereocenters. The molecule has 0 aliphatic heterocycles. The summed E-state index contributed by atoms with van der Waals surface area (Å²) in [5.41, 5.74) is 0.192.